The van der Waals surface area contributed by atoms with Crippen LogP contribution in [0.25, 0.3) is 0 Å². The Bertz CT molecular complexity index is 486. The van der Waals surface area contributed by atoms with Gasteiger partial charge in [0.05, 0.1) is 5.92 Å². The molecule has 1 amide bonds. The van der Waals surface area contributed by atoms with Crippen LogP contribution in [0.2, 0.25) is 0 Å². The minimum Gasteiger partial charge on any atom is -0.382 e. The van der Waals surface area contributed by atoms with Gasteiger partial charge in [-0.05, 0) is 44.2 Å². The monoisotopic (exact) mass is 288 g/mol. The summed E-state index contributed by atoms with van der Waals surface area (Å²) in [5.41, 5.74) is 2.23. The number of nitrogens with one attached hydrogen (secondary N) is 2. The fourth-order valence-electron chi connectivity index (χ4n) is 3.16. The Morgan fingerprint density at radius 3 is 2.81 bits per heavy atom. The van der Waals surface area contributed by atoms with Crippen molar-refractivity contribution in [3.63, 3.8) is 0 Å². The van der Waals surface area contributed by atoms with Gasteiger partial charge < -0.3 is 10.6 Å². The van der Waals surface area contributed by atoms with Gasteiger partial charge in [-0.15, -0.1) is 0 Å². The topological polar surface area (TPSA) is 41.1 Å². The minimum absolute atomic E-state index is 0.0307. The molecule has 2 N–H and O–H groups in total. The summed E-state index contributed by atoms with van der Waals surface area (Å²) in [5.74, 6) is 0.794. The van der Waals surface area contributed by atoms with E-state index in [0.717, 1.165) is 30.5 Å². The summed E-state index contributed by atoms with van der Waals surface area (Å²) < 4.78 is 0. The number of amides is 1. The van der Waals surface area contributed by atoms with E-state index >= 15 is 0 Å². The van der Waals surface area contributed by atoms with Gasteiger partial charge in [0.1, 0.15) is 0 Å². The smallest absolute Gasteiger partial charge is 0.227 e. The third-order valence-corrected chi connectivity index (χ3v) is 4.49. The van der Waals surface area contributed by atoms with Crippen LogP contribution in [0.3, 0.4) is 0 Å². The largest absolute Gasteiger partial charge is 0.382 e. The summed E-state index contributed by atoms with van der Waals surface area (Å²) in [6.07, 6.45) is 3.07. The van der Waals surface area contributed by atoms with Crippen molar-refractivity contribution >= 4 is 11.6 Å². The summed E-state index contributed by atoms with van der Waals surface area (Å²) in [7, 11) is 0. The van der Waals surface area contributed by atoms with Crippen LogP contribution < -0.4 is 10.6 Å². The molecule has 0 saturated heterocycles. The number of benzene rings is 1. The van der Waals surface area contributed by atoms with E-state index in [4.69, 9.17) is 0 Å². The molecule has 21 heavy (non-hydrogen) atoms. The van der Waals surface area contributed by atoms with E-state index in [1.54, 1.807) is 0 Å². The lowest BCUT2D eigenvalue weighted by molar-refractivity contribution is -0.123. The number of carbonyl (C=O) groups is 1. The lowest BCUT2D eigenvalue weighted by atomic mass is 9.86. The predicted octanol–water partition coefficient (Wildman–Crippen LogP) is 3.92. The van der Waals surface area contributed by atoms with Gasteiger partial charge in [0.15, 0.2) is 0 Å². The summed E-state index contributed by atoms with van der Waals surface area (Å²) in [6.45, 7) is 8.69. The molecule has 0 saturated carbocycles. The van der Waals surface area contributed by atoms with Gasteiger partial charge in [0.2, 0.25) is 5.91 Å². The zero-order valence-electron chi connectivity index (χ0n) is 13.6. The van der Waals surface area contributed by atoms with Crippen LogP contribution in [0.4, 0.5) is 5.69 Å². The Morgan fingerprint density at radius 2 is 2.10 bits per heavy atom. The summed E-state index contributed by atoms with van der Waals surface area (Å²) >= 11 is 0. The summed E-state index contributed by atoms with van der Waals surface area (Å²) in [6, 6.07) is 8.74. The van der Waals surface area contributed by atoms with Gasteiger partial charge in [-0.25, -0.2) is 0 Å². The minimum atomic E-state index is -0.0307. The molecule has 3 nitrogen and oxygen atoms in total. The standard InChI is InChI=1S/C18H28N2O/c1-5-12(2)10-13(3)20-18(21)16-11-14(4)19-17-9-7-6-8-15(16)17/h6-9,12-14,16,19H,5,10-11H2,1-4H3,(H,20,21). The van der Waals surface area contributed by atoms with Crippen LogP contribution in [-0.4, -0.2) is 18.0 Å². The molecule has 4 atom stereocenters. The summed E-state index contributed by atoms with van der Waals surface area (Å²) in [5, 5.41) is 6.67. The number of para-hydroxylation sites is 1. The van der Waals surface area contributed by atoms with Crippen LogP contribution in [0.5, 0.6) is 0 Å². The van der Waals surface area contributed by atoms with Gasteiger partial charge in [-0.3, -0.25) is 4.79 Å². The highest BCUT2D eigenvalue weighted by Crippen LogP contribution is 2.34. The lowest BCUT2D eigenvalue weighted by Gasteiger charge is -2.31. The zero-order valence-corrected chi connectivity index (χ0v) is 13.6. The van der Waals surface area contributed by atoms with Crippen LogP contribution >= 0.6 is 0 Å². The van der Waals surface area contributed by atoms with Crippen molar-refractivity contribution in [1.29, 1.82) is 0 Å². The number of hydrogen-bond donors (Lipinski definition) is 2. The highest BCUT2D eigenvalue weighted by atomic mass is 16.1. The number of fused-ring (bicyclic) bond motifs is 1. The molecule has 1 heterocycles. The second-order valence-corrected chi connectivity index (χ2v) is 6.58. The first-order chi connectivity index (χ1) is 10.0. The van der Waals surface area contributed by atoms with E-state index in [1.807, 2.05) is 12.1 Å². The Labute approximate surface area is 128 Å². The quantitative estimate of drug-likeness (QED) is 0.862. The van der Waals surface area contributed by atoms with Crippen LogP contribution in [0.15, 0.2) is 24.3 Å². The van der Waals surface area contributed by atoms with E-state index in [1.165, 1.54) is 0 Å². The fourth-order valence-corrected chi connectivity index (χ4v) is 3.16. The normalized spacial score (nSPS) is 23.6. The molecule has 1 aromatic carbocycles. The van der Waals surface area contributed by atoms with Crippen LogP contribution in [-0.2, 0) is 4.79 Å². The third-order valence-electron chi connectivity index (χ3n) is 4.49. The molecule has 0 bridgehead atoms. The van der Waals surface area contributed by atoms with Gasteiger partial charge in [-0.1, -0.05) is 38.5 Å². The second kappa shape index (κ2) is 6.97. The maximum Gasteiger partial charge on any atom is 0.227 e. The predicted molar refractivity (Wildman–Crippen MR) is 88.6 cm³/mol. The van der Waals surface area contributed by atoms with Gasteiger partial charge >= 0.3 is 0 Å². The first kappa shape index (κ1) is 15.9. The number of carbonyl (C=O) groups excluding carboxylic acids is 1. The van der Waals surface area contributed by atoms with Crippen molar-refractivity contribution < 1.29 is 4.79 Å². The molecule has 116 valence electrons. The highest BCUT2D eigenvalue weighted by Gasteiger charge is 2.30. The van der Waals surface area contributed by atoms with Crippen molar-refractivity contribution in [3.8, 4) is 0 Å². The second-order valence-electron chi connectivity index (χ2n) is 6.58. The van der Waals surface area contributed by atoms with E-state index in [2.05, 4.69) is 50.5 Å². The Balaban J connectivity index is 2.06. The van der Waals surface area contributed by atoms with Crippen LogP contribution in [0, 0.1) is 5.92 Å². The first-order valence-electron chi connectivity index (χ1n) is 8.17. The average Bonchev–Trinajstić information content (AvgIpc) is 2.45. The van der Waals surface area contributed by atoms with Crippen molar-refractivity contribution in [2.45, 2.75) is 65.0 Å². The Hall–Kier alpha value is -1.51. The highest BCUT2D eigenvalue weighted by molar-refractivity contribution is 5.86. The Morgan fingerprint density at radius 1 is 1.38 bits per heavy atom. The van der Waals surface area contributed by atoms with Crippen molar-refractivity contribution in [2.24, 2.45) is 5.92 Å². The molecule has 0 aromatic heterocycles. The van der Waals surface area contributed by atoms with E-state index in [9.17, 15) is 4.79 Å². The summed E-state index contributed by atoms with van der Waals surface area (Å²) in [4.78, 5) is 12.6. The molecule has 0 radical (unpaired) electrons. The Kier molecular flexibility index (Phi) is 5.27. The number of hydrogen-bond acceptors (Lipinski definition) is 2. The lowest BCUT2D eigenvalue weighted by Crippen LogP contribution is -2.40. The van der Waals surface area contributed by atoms with E-state index in [0.29, 0.717) is 12.0 Å². The molecule has 4 unspecified atom stereocenters. The molecule has 1 aromatic rings. The number of rotatable bonds is 5. The van der Waals surface area contributed by atoms with Gasteiger partial charge in [0, 0.05) is 17.8 Å². The third kappa shape index (κ3) is 3.99. The molecular weight excluding hydrogens is 260 g/mol. The molecule has 1 aliphatic heterocycles. The molecule has 1 aliphatic rings. The SMILES string of the molecule is CCC(C)CC(C)NC(=O)C1CC(C)Nc2ccccc21. The molecule has 0 spiro atoms. The number of anilines is 1. The molecule has 3 heteroatoms. The molecule has 2 rings (SSSR count). The van der Waals surface area contributed by atoms with E-state index < -0.39 is 0 Å². The molecule has 0 aliphatic carbocycles. The van der Waals surface area contributed by atoms with Crippen molar-refractivity contribution in [1.82, 2.24) is 5.32 Å². The van der Waals surface area contributed by atoms with Crippen LogP contribution in [0.1, 0.15) is 58.4 Å². The maximum atomic E-state index is 12.6. The first-order valence-corrected chi connectivity index (χ1v) is 8.17. The maximum absolute atomic E-state index is 12.6. The van der Waals surface area contributed by atoms with Gasteiger partial charge in [0.25, 0.3) is 0 Å². The van der Waals surface area contributed by atoms with Crippen molar-refractivity contribution in [2.75, 3.05) is 5.32 Å². The van der Waals surface area contributed by atoms with Gasteiger partial charge in [-0.2, -0.15) is 0 Å². The zero-order chi connectivity index (χ0) is 15.4. The van der Waals surface area contributed by atoms with E-state index in [-0.39, 0.29) is 17.9 Å². The molecular formula is C18H28N2O. The average molecular weight is 288 g/mol. The molecule has 0 fully saturated rings. The van der Waals surface area contributed by atoms with Crippen molar-refractivity contribution in [3.05, 3.63) is 29.8 Å². The fraction of sp³-hybridized carbons (Fsp3) is 0.611.